The van der Waals surface area contributed by atoms with Crippen LogP contribution in [-0.2, 0) is 13.1 Å². The third kappa shape index (κ3) is 6.27. The molecule has 1 aromatic carbocycles. The number of alkyl halides is 6. The predicted octanol–water partition coefficient (Wildman–Crippen LogP) is 3.48. The van der Waals surface area contributed by atoms with Crippen molar-refractivity contribution in [1.29, 1.82) is 0 Å². The van der Waals surface area contributed by atoms with Gasteiger partial charge in [0.25, 0.3) is 5.91 Å². The molecule has 0 saturated carbocycles. The first-order valence-corrected chi connectivity index (χ1v) is 13.0. The number of pyridine rings is 1. The van der Waals surface area contributed by atoms with E-state index in [0.717, 1.165) is 15.7 Å². The van der Waals surface area contributed by atoms with Gasteiger partial charge in [0.1, 0.15) is 18.9 Å². The monoisotopic (exact) mass is 630 g/mol. The van der Waals surface area contributed by atoms with Crippen molar-refractivity contribution in [2.24, 2.45) is 0 Å². The van der Waals surface area contributed by atoms with Crippen molar-refractivity contribution in [2.75, 3.05) is 6.54 Å². The first kappa shape index (κ1) is 30.2. The predicted molar refractivity (Wildman–Crippen MR) is 137 cm³/mol. The molecule has 2 atom stereocenters. The van der Waals surface area contributed by atoms with Crippen molar-refractivity contribution < 1.29 is 36.2 Å². The van der Waals surface area contributed by atoms with Crippen LogP contribution < -0.4 is 5.69 Å². The zero-order chi connectivity index (χ0) is 31.1. The number of carbonyl (C=O) groups excluding carboxylic acids is 1. The zero-order valence-corrected chi connectivity index (χ0v) is 22.6. The maximum Gasteiger partial charge on any atom is 0.416 e. The Bertz CT molecular complexity index is 1680. The molecule has 5 rings (SSSR count). The van der Waals surface area contributed by atoms with E-state index >= 15 is 0 Å². The van der Waals surface area contributed by atoms with Gasteiger partial charge in [-0.3, -0.25) is 9.36 Å². The largest absolute Gasteiger partial charge is 0.416 e. The van der Waals surface area contributed by atoms with E-state index in [-0.39, 0.29) is 48.0 Å². The van der Waals surface area contributed by atoms with Crippen LogP contribution in [-0.4, -0.2) is 81.1 Å². The van der Waals surface area contributed by atoms with Gasteiger partial charge in [0.15, 0.2) is 23.4 Å². The number of nitrogens with zero attached hydrogens (tertiary/aromatic N) is 8. The number of hydrogen-bond donors (Lipinski definition) is 1. The van der Waals surface area contributed by atoms with Crippen molar-refractivity contribution in [2.45, 2.75) is 50.4 Å². The number of hydrogen-bond acceptors (Lipinski definition) is 7. The summed E-state index contributed by atoms with van der Waals surface area (Å²) in [5.74, 6) is -1.20. The number of aliphatic hydroxyl groups excluding tert-OH is 1. The number of amides is 1. The fourth-order valence-corrected chi connectivity index (χ4v) is 4.78. The second-order valence-electron chi connectivity index (χ2n) is 9.61. The fourth-order valence-electron chi connectivity index (χ4n) is 4.65. The van der Waals surface area contributed by atoms with Crippen LogP contribution in [0.25, 0.3) is 17.1 Å². The molecule has 0 spiro atoms. The maximum absolute atomic E-state index is 13.5. The van der Waals surface area contributed by atoms with Gasteiger partial charge < -0.3 is 10.0 Å². The first-order valence-electron chi connectivity index (χ1n) is 12.7. The van der Waals surface area contributed by atoms with Crippen molar-refractivity contribution in [3.8, 4) is 17.1 Å². The average Bonchev–Trinajstić information content (AvgIpc) is 3.69. The highest BCUT2D eigenvalue weighted by Crippen LogP contribution is 2.34. The van der Waals surface area contributed by atoms with Crippen LogP contribution in [0.15, 0.2) is 53.7 Å². The lowest BCUT2D eigenvalue weighted by molar-refractivity contribution is -0.207. The Morgan fingerprint density at radius 2 is 1.79 bits per heavy atom. The zero-order valence-electron chi connectivity index (χ0n) is 21.8. The van der Waals surface area contributed by atoms with E-state index in [1.807, 2.05) is 0 Å². The van der Waals surface area contributed by atoms with Crippen molar-refractivity contribution >= 4 is 17.5 Å². The molecular formula is C25H21ClF6N8O3. The third-order valence-electron chi connectivity index (χ3n) is 6.72. The summed E-state index contributed by atoms with van der Waals surface area (Å²) in [6.45, 7) is -1.68. The number of halogens is 7. The SMILES string of the molecule is O=C(c1ncccc1-n1cnc(Cn2nc(-c3ccc(Cl)cc3)n(C[C@@H](O)C(F)(F)F)c2=O)n1)N1CCCC1C(F)(F)F. The van der Waals surface area contributed by atoms with Crippen LogP contribution in [0.4, 0.5) is 26.3 Å². The molecule has 1 aliphatic heterocycles. The van der Waals surface area contributed by atoms with E-state index in [9.17, 15) is 41.0 Å². The lowest BCUT2D eigenvalue weighted by atomic mass is 10.2. The van der Waals surface area contributed by atoms with E-state index in [4.69, 9.17) is 11.6 Å². The van der Waals surface area contributed by atoms with Gasteiger partial charge >= 0.3 is 18.0 Å². The lowest BCUT2D eigenvalue weighted by Gasteiger charge is -2.26. The second-order valence-corrected chi connectivity index (χ2v) is 10.0. The normalized spacial score (nSPS) is 16.6. The minimum absolute atomic E-state index is 0.0205. The molecule has 43 heavy (non-hydrogen) atoms. The molecule has 4 heterocycles. The Kier molecular flexibility index (Phi) is 8.04. The Morgan fingerprint density at radius 3 is 2.47 bits per heavy atom. The Labute approximate surface area is 243 Å². The van der Waals surface area contributed by atoms with Crippen LogP contribution in [0.1, 0.15) is 29.2 Å². The summed E-state index contributed by atoms with van der Waals surface area (Å²) in [5.41, 5.74) is -1.05. The molecule has 0 aliphatic carbocycles. The second kappa shape index (κ2) is 11.4. The number of aromatic nitrogens is 7. The standard InChI is InChI=1S/C25H21ClF6N8O3/c26-15-7-5-14(6-8-15)21-36-39(23(43)38(21)11-18(41)25(30,31)32)12-19-34-13-40(35-19)16-3-1-9-33-20(16)22(42)37-10-2-4-17(37)24(27,28)29/h1,3,5-9,13,17-18,41H,2,4,10-12H2/t17?,18-/m1/s1. The molecule has 228 valence electrons. The summed E-state index contributed by atoms with van der Waals surface area (Å²) in [7, 11) is 0. The highest BCUT2D eigenvalue weighted by Gasteiger charge is 2.48. The van der Waals surface area contributed by atoms with Crippen LogP contribution in [0, 0.1) is 0 Å². The van der Waals surface area contributed by atoms with Crippen LogP contribution >= 0.6 is 11.6 Å². The van der Waals surface area contributed by atoms with Crippen LogP contribution in [0.2, 0.25) is 5.02 Å². The van der Waals surface area contributed by atoms with E-state index in [0.29, 0.717) is 14.5 Å². The molecular weight excluding hydrogens is 610 g/mol. The van der Waals surface area contributed by atoms with E-state index in [2.05, 4.69) is 20.2 Å². The fraction of sp³-hybridized carbons (Fsp3) is 0.360. The van der Waals surface area contributed by atoms with Crippen LogP contribution in [0.3, 0.4) is 0 Å². The van der Waals surface area contributed by atoms with Crippen LogP contribution in [0.5, 0.6) is 0 Å². The molecule has 1 aliphatic rings. The quantitative estimate of drug-likeness (QED) is 0.310. The van der Waals surface area contributed by atoms with Gasteiger partial charge in [-0.1, -0.05) is 11.6 Å². The molecule has 3 aromatic heterocycles. The van der Waals surface area contributed by atoms with E-state index < -0.39 is 49.2 Å². The molecule has 18 heteroatoms. The van der Waals surface area contributed by atoms with Gasteiger partial charge in [0, 0.05) is 23.3 Å². The summed E-state index contributed by atoms with van der Waals surface area (Å²) in [4.78, 5) is 35.0. The Balaban J connectivity index is 1.46. The minimum Gasteiger partial charge on any atom is -0.382 e. The van der Waals surface area contributed by atoms with Gasteiger partial charge in [-0.2, -0.15) is 26.3 Å². The maximum atomic E-state index is 13.5. The number of aliphatic hydroxyl groups is 1. The van der Waals surface area contributed by atoms with Gasteiger partial charge in [-0.25, -0.2) is 24.1 Å². The molecule has 4 aromatic rings. The van der Waals surface area contributed by atoms with E-state index in [1.165, 1.54) is 42.6 Å². The Morgan fingerprint density at radius 1 is 1.07 bits per heavy atom. The average molecular weight is 631 g/mol. The Hall–Kier alpha value is -4.25. The summed E-state index contributed by atoms with van der Waals surface area (Å²) >= 11 is 5.89. The smallest absolute Gasteiger partial charge is 0.382 e. The molecule has 1 amide bonds. The van der Waals surface area contributed by atoms with Gasteiger partial charge in [-0.15, -0.1) is 10.2 Å². The molecule has 1 N–H and O–H groups in total. The first-order chi connectivity index (χ1) is 20.2. The highest BCUT2D eigenvalue weighted by atomic mass is 35.5. The molecule has 0 radical (unpaired) electrons. The number of likely N-dealkylation sites (tertiary alicyclic amines) is 1. The lowest BCUT2D eigenvalue weighted by Crippen LogP contribution is -2.45. The topological polar surface area (TPSA) is 124 Å². The molecule has 1 saturated heterocycles. The van der Waals surface area contributed by atoms with Gasteiger partial charge in [0.2, 0.25) is 0 Å². The highest BCUT2D eigenvalue weighted by molar-refractivity contribution is 6.30. The molecule has 11 nitrogen and oxygen atoms in total. The molecule has 1 fully saturated rings. The van der Waals surface area contributed by atoms with Crippen molar-refractivity contribution in [3.63, 3.8) is 0 Å². The summed E-state index contributed by atoms with van der Waals surface area (Å²) < 4.78 is 82.3. The number of carbonyl (C=O) groups is 1. The van der Waals surface area contributed by atoms with E-state index in [1.54, 1.807) is 0 Å². The van der Waals surface area contributed by atoms with Crippen molar-refractivity contribution in [3.05, 3.63) is 75.9 Å². The number of rotatable bonds is 7. The summed E-state index contributed by atoms with van der Waals surface area (Å²) in [6.07, 6.45) is -10.2. The number of benzene rings is 1. The summed E-state index contributed by atoms with van der Waals surface area (Å²) in [5, 5.41) is 18.3. The van der Waals surface area contributed by atoms with Crippen molar-refractivity contribution in [1.82, 2.24) is 39.0 Å². The van der Waals surface area contributed by atoms with Gasteiger partial charge in [0.05, 0.1) is 12.2 Å². The summed E-state index contributed by atoms with van der Waals surface area (Å²) in [6, 6.07) is 6.64. The minimum atomic E-state index is -5.01. The van der Waals surface area contributed by atoms with Gasteiger partial charge in [-0.05, 0) is 49.2 Å². The molecule has 1 unspecified atom stereocenters. The molecule has 0 bridgehead atoms. The third-order valence-corrected chi connectivity index (χ3v) is 6.97.